The number of fused-ring (bicyclic) bond motifs is 1. The SMILES string of the molecule is Cc1noc(C)c1CC(C)NC(=O)Nc1cc2c(cn1)CCCC2. The van der Waals surface area contributed by atoms with Crippen LogP contribution in [0.5, 0.6) is 0 Å². The maximum Gasteiger partial charge on any atom is 0.320 e. The first-order chi connectivity index (χ1) is 11.5. The van der Waals surface area contributed by atoms with Crippen molar-refractivity contribution in [2.75, 3.05) is 5.32 Å². The Morgan fingerprint density at radius 2 is 2.04 bits per heavy atom. The first-order valence-corrected chi connectivity index (χ1v) is 8.50. The minimum Gasteiger partial charge on any atom is -0.361 e. The van der Waals surface area contributed by atoms with Crippen molar-refractivity contribution < 1.29 is 9.32 Å². The lowest BCUT2D eigenvalue weighted by Crippen LogP contribution is -2.37. The minimum atomic E-state index is -0.238. The number of pyridine rings is 1. The summed E-state index contributed by atoms with van der Waals surface area (Å²) in [6.45, 7) is 5.76. The molecule has 0 fully saturated rings. The van der Waals surface area contributed by atoms with E-state index in [9.17, 15) is 4.79 Å². The standard InChI is InChI=1S/C18H24N4O2/c1-11(8-16-12(2)22-24-13(16)3)20-18(23)21-17-9-14-6-4-5-7-15(14)10-19-17/h9-11H,4-8H2,1-3H3,(H2,19,20,21,23). The molecule has 2 heterocycles. The van der Waals surface area contributed by atoms with Crippen molar-refractivity contribution in [3.05, 3.63) is 40.4 Å². The Morgan fingerprint density at radius 3 is 2.75 bits per heavy atom. The van der Waals surface area contributed by atoms with E-state index in [1.54, 1.807) is 0 Å². The van der Waals surface area contributed by atoms with Crippen LogP contribution in [-0.2, 0) is 19.3 Å². The summed E-state index contributed by atoms with van der Waals surface area (Å²) in [6.07, 6.45) is 7.15. The Morgan fingerprint density at radius 1 is 1.29 bits per heavy atom. The number of nitrogens with one attached hydrogen (secondary N) is 2. The smallest absolute Gasteiger partial charge is 0.320 e. The predicted octanol–water partition coefficient (Wildman–Crippen LogP) is 3.32. The summed E-state index contributed by atoms with van der Waals surface area (Å²) in [4.78, 5) is 16.5. The molecule has 0 saturated heterocycles. The number of rotatable bonds is 4. The van der Waals surface area contributed by atoms with E-state index < -0.39 is 0 Å². The van der Waals surface area contributed by atoms with Crippen molar-refractivity contribution in [2.45, 2.75) is 58.9 Å². The number of hydrogen-bond donors (Lipinski definition) is 2. The Hall–Kier alpha value is -2.37. The molecule has 1 aliphatic carbocycles. The van der Waals surface area contributed by atoms with Gasteiger partial charge in [-0.15, -0.1) is 0 Å². The van der Waals surface area contributed by atoms with Crippen LogP contribution in [0.1, 0.15) is 47.9 Å². The maximum absolute atomic E-state index is 12.2. The number of hydrogen-bond acceptors (Lipinski definition) is 4. The van der Waals surface area contributed by atoms with Crippen LogP contribution in [0.25, 0.3) is 0 Å². The van der Waals surface area contributed by atoms with Gasteiger partial charge in [0.2, 0.25) is 0 Å². The van der Waals surface area contributed by atoms with Gasteiger partial charge in [0.15, 0.2) is 0 Å². The first kappa shape index (κ1) is 16.5. The van der Waals surface area contributed by atoms with Crippen molar-refractivity contribution in [3.63, 3.8) is 0 Å². The van der Waals surface area contributed by atoms with E-state index in [2.05, 4.69) is 20.8 Å². The number of anilines is 1. The summed E-state index contributed by atoms with van der Waals surface area (Å²) in [6, 6.07) is 1.73. The van der Waals surface area contributed by atoms with Crippen molar-refractivity contribution in [3.8, 4) is 0 Å². The van der Waals surface area contributed by atoms with Crippen molar-refractivity contribution in [1.82, 2.24) is 15.5 Å². The average molecular weight is 328 g/mol. The molecule has 1 unspecified atom stereocenters. The molecule has 1 aliphatic rings. The van der Waals surface area contributed by atoms with Crippen molar-refractivity contribution in [2.24, 2.45) is 0 Å². The van der Waals surface area contributed by atoms with Gasteiger partial charge in [-0.25, -0.2) is 9.78 Å². The van der Waals surface area contributed by atoms with Crippen LogP contribution in [-0.4, -0.2) is 22.2 Å². The molecule has 24 heavy (non-hydrogen) atoms. The van der Waals surface area contributed by atoms with E-state index in [4.69, 9.17) is 4.52 Å². The lowest BCUT2D eigenvalue weighted by Gasteiger charge is -2.17. The van der Waals surface area contributed by atoms with E-state index in [0.29, 0.717) is 12.2 Å². The Labute approximate surface area is 142 Å². The predicted molar refractivity (Wildman–Crippen MR) is 92.2 cm³/mol. The van der Waals surface area contributed by atoms with Gasteiger partial charge in [0.25, 0.3) is 0 Å². The molecule has 6 heteroatoms. The van der Waals surface area contributed by atoms with Gasteiger partial charge < -0.3 is 9.84 Å². The molecule has 0 aliphatic heterocycles. The highest BCUT2D eigenvalue weighted by Gasteiger charge is 2.16. The summed E-state index contributed by atoms with van der Waals surface area (Å²) in [7, 11) is 0. The van der Waals surface area contributed by atoms with Crippen LogP contribution in [0, 0.1) is 13.8 Å². The Balaban J connectivity index is 1.57. The molecule has 2 N–H and O–H groups in total. The maximum atomic E-state index is 12.2. The number of carbonyl (C=O) groups is 1. The van der Waals surface area contributed by atoms with Crippen LogP contribution in [0.3, 0.4) is 0 Å². The van der Waals surface area contributed by atoms with Crippen molar-refractivity contribution >= 4 is 11.8 Å². The zero-order valence-electron chi connectivity index (χ0n) is 14.5. The number of urea groups is 1. The fourth-order valence-electron chi connectivity index (χ4n) is 3.21. The van der Waals surface area contributed by atoms with Gasteiger partial charge in [-0.05, 0) is 70.1 Å². The number of aryl methyl sites for hydroxylation is 4. The minimum absolute atomic E-state index is 0.0283. The Kier molecular flexibility index (Phi) is 4.83. The van der Waals surface area contributed by atoms with E-state index in [-0.39, 0.29) is 12.1 Å². The molecule has 3 rings (SSSR count). The highest BCUT2D eigenvalue weighted by atomic mass is 16.5. The van der Waals surface area contributed by atoms with Gasteiger partial charge in [0.1, 0.15) is 11.6 Å². The van der Waals surface area contributed by atoms with Gasteiger partial charge in [0.05, 0.1) is 5.69 Å². The topological polar surface area (TPSA) is 80.0 Å². The second kappa shape index (κ2) is 7.03. The summed E-state index contributed by atoms with van der Waals surface area (Å²) in [5.74, 6) is 1.41. The van der Waals surface area contributed by atoms with E-state index in [0.717, 1.165) is 29.9 Å². The number of amides is 2. The zero-order chi connectivity index (χ0) is 17.1. The molecule has 1 atom stereocenters. The van der Waals surface area contributed by atoms with Crippen molar-refractivity contribution in [1.29, 1.82) is 0 Å². The zero-order valence-corrected chi connectivity index (χ0v) is 14.5. The average Bonchev–Trinajstić information content (AvgIpc) is 2.86. The molecule has 0 spiro atoms. The highest BCUT2D eigenvalue weighted by molar-refractivity contribution is 5.88. The monoisotopic (exact) mass is 328 g/mol. The fraction of sp³-hybridized carbons (Fsp3) is 0.500. The number of carbonyl (C=O) groups excluding carboxylic acids is 1. The second-order valence-electron chi connectivity index (χ2n) is 6.55. The normalized spacial score (nSPS) is 14.8. The Bertz CT molecular complexity index is 719. The van der Waals surface area contributed by atoms with Crippen LogP contribution >= 0.6 is 0 Å². The van der Waals surface area contributed by atoms with E-state index in [1.165, 1.54) is 24.0 Å². The highest BCUT2D eigenvalue weighted by Crippen LogP contribution is 2.22. The van der Waals surface area contributed by atoms with Crippen LogP contribution in [0.4, 0.5) is 10.6 Å². The molecule has 0 bridgehead atoms. The van der Waals surface area contributed by atoms with E-state index in [1.807, 2.05) is 33.0 Å². The molecule has 6 nitrogen and oxygen atoms in total. The summed E-state index contributed by atoms with van der Waals surface area (Å²) in [5, 5.41) is 9.72. The van der Waals surface area contributed by atoms with Crippen LogP contribution < -0.4 is 10.6 Å². The molecule has 2 amide bonds. The number of nitrogens with zero attached hydrogens (tertiary/aromatic N) is 2. The third-order valence-electron chi connectivity index (χ3n) is 4.54. The summed E-state index contributed by atoms with van der Waals surface area (Å²) < 4.78 is 5.16. The van der Waals surface area contributed by atoms with Crippen LogP contribution in [0.2, 0.25) is 0 Å². The van der Waals surface area contributed by atoms with Gasteiger partial charge in [-0.2, -0.15) is 0 Å². The second-order valence-corrected chi connectivity index (χ2v) is 6.55. The van der Waals surface area contributed by atoms with E-state index >= 15 is 0 Å². The third kappa shape index (κ3) is 3.75. The molecule has 0 radical (unpaired) electrons. The van der Waals surface area contributed by atoms with Gasteiger partial charge in [0, 0.05) is 17.8 Å². The molecule has 0 aromatic carbocycles. The largest absolute Gasteiger partial charge is 0.361 e. The molecular formula is C18H24N4O2. The molecule has 2 aromatic rings. The summed E-state index contributed by atoms with van der Waals surface area (Å²) in [5.41, 5.74) is 4.53. The lowest BCUT2D eigenvalue weighted by atomic mass is 9.93. The molecule has 128 valence electrons. The third-order valence-corrected chi connectivity index (χ3v) is 4.54. The van der Waals surface area contributed by atoms with Gasteiger partial charge in [-0.3, -0.25) is 5.32 Å². The summed E-state index contributed by atoms with van der Waals surface area (Å²) >= 11 is 0. The fourth-order valence-corrected chi connectivity index (χ4v) is 3.21. The lowest BCUT2D eigenvalue weighted by molar-refractivity contribution is 0.249. The van der Waals surface area contributed by atoms with Gasteiger partial charge >= 0.3 is 6.03 Å². The molecule has 0 saturated carbocycles. The quantitative estimate of drug-likeness (QED) is 0.902. The van der Waals surface area contributed by atoms with Gasteiger partial charge in [-0.1, -0.05) is 5.16 Å². The first-order valence-electron chi connectivity index (χ1n) is 8.50. The molecular weight excluding hydrogens is 304 g/mol. The molecule has 2 aromatic heterocycles. The number of aromatic nitrogens is 2. The van der Waals surface area contributed by atoms with Crippen LogP contribution in [0.15, 0.2) is 16.8 Å².